The van der Waals surface area contributed by atoms with Gasteiger partial charge in [0.2, 0.25) is 11.8 Å². The van der Waals surface area contributed by atoms with Crippen molar-refractivity contribution < 1.29 is 43.8 Å². The molecule has 0 saturated carbocycles. The zero-order chi connectivity index (χ0) is 35.2. The summed E-state index contributed by atoms with van der Waals surface area (Å²) in [6.45, 7) is 10.5. The molecule has 0 aliphatic carbocycles. The van der Waals surface area contributed by atoms with Crippen LogP contribution in [0.25, 0.3) is 0 Å². The number of hydrogen-bond donors (Lipinski definition) is 4. The third-order valence-electron chi connectivity index (χ3n) is 8.40. The first-order chi connectivity index (χ1) is 21.6. The monoisotopic (exact) mass is 652 g/mol. The second kappa shape index (κ2) is 24.1. The molecule has 264 valence electrons. The van der Waals surface area contributed by atoms with E-state index in [0.717, 1.165) is 25.7 Å². The molecule has 0 bridgehead atoms. The number of unbranched alkanes of at least 4 members (excludes halogenated alkanes) is 8. The Labute approximate surface area is 275 Å². The standard InChI is InChI=1S/C35H60N2O9/c1-7-8-9-10-11-12-13-14-15-16-30(41)36-33(23(2)3)29(40)22-27(18-20-32(44)45)35(46)37-34(24(4)5)28(39)21-26(25(6)38)17-19-31(42)43/h23-24,26-27,33-34H,7-22H2,1-6H3,(H,36,41)(H,37,46)(H,42,43)(H,44,45). The van der Waals surface area contributed by atoms with Crippen molar-refractivity contribution >= 4 is 41.1 Å². The highest BCUT2D eigenvalue weighted by Gasteiger charge is 2.33. The molecule has 0 aliphatic heterocycles. The van der Waals surface area contributed by atoms with Gasteiger partial charge in [0.15, 0.2) is 11.6 Å². The van der Waals surface area contributed by atoms with Gasteiger partial charge in [0, 0.05) is 43.9 Å². The molecule has 0 radical (unpaired) electrons. The molecular formula is C35H60N2O9. The van der Waals surface area contributed by atoms with Crippen LogP contribution in [0.2, 0.25) is 0 Å². The van der Waals surface area contributed by atoms with Gasteiger partial charge in [-0.1, -0.05) is 86.0 Å². The zero-order valence-corrected chi connectivity index (χ0v) is 29.0. The van der Waals surface area contributed by atoms with Crippen molar-refractivity contribution in [3.8, 4) is 0 Å². The van der Waals surface area contributed by atoms with Crippen molar-refractivity contribution in [1.82, 2.24) is 10.6 Å². The number of rotatable bonds is 28. The van der Waals surface area contributed by atoms with Crippen molar-refractivity contribution in [1.29, 1.82) is 0 Å². The summed E-state index contributed by atoms with van der Waals surface area (Å²) in [7, 11) is 0. The minimum atomic E-state index is -1.14. The van der Waals surface area contributed by atoms with E-state index >= 15 is 0 Å². The molecule has 11 heteroatoms. The molecule has 0 aromatic carbocycles. The predicted octanol–water partition coefficient (Wildman–Crippen LogP) is 5.66. The maximum Gasteiger partial charge on any atom is 0.303 e. The lowest BCUT2D eigenvalue weighted by atomic mass is 9.86. The second-order valence-electron chi connectivity index (χ2n) is 13.3. The third kappa shape index (κ3) is 19.4. The first-order valence-electron chi connectivity index (χ1n) is 17.2. The minimum Gasteiger partial charge on any atom is -0.481 e. The first kappa shape index (κ1) is 42.9. The van der Waals surface area contributed by atoms with E-state index in [1.807, 2.05) is 0 Å². The smallest absolute Gasteiger partial charge is 0.303 e. The normalized spacial score (nSPS) is 13.9. The van der Waals surface area contributed by atoms with Crippen LogP contribution >= 0.6 is 0 Å². The number of carbonyl (C=O) groups excluding carboxylic acids is 5. The molecule has 0 spiro atoms. The topological polar surface area (TPSA) is 184 Å². The van der Waals surface area contributed by atoms with Gasteiger partial charge in [0.05, 0.1) is 12.1 Å². The highest BCUT2D eigenvalue weighted by atomic mass is 16.4. The van der Waals surface area contributed by atoms with Crippen LogP contribution < -0.4 is 10.6 Å². The fourth-order valence-corrected chi connectivity index (χ4v) is 5.46. The molecule has 0 aromatic heterocycles. The third-order valence-corrected chi connectivity index (χ3v) is 8.40. The number of ketones is 3. The van der Waals surface area contributed by atoms with Gasteiger partial charge in [0.25, 0.3) is 0 Å². The Bertz CT molecular complexity index is 993. The van der Waals surface area contributed by atoms with Gasteiger partial charge in [-0.15, -0.1) is 0 Å². The summed E-state index contributed by atoms with van der Waals surface area (Å²) in [6, 6.07) is -1.86. The molecule has 0 heterocycles. The number of carboxylic acid groups (broad SMARTS) is 2. The summed E-state index contributed by atoms with van der Waals surface area (Å²) in [5, 5.41) is 23.8. The van der Waals surface area contributed by atoms with Crippen LogP contribution in [-0.2, 0) is 33.6 Å². The molecule has 4 unspecified atom stereocenters. The first-order valence-corrected chi connectivity index (χ1v) is 17.2. The second-order valence-corrected chi connectivity index (χ2v) is 13.3. The summed E-state index contributed by atoms with van der Waals surface area (Å²) < 4.78 is 0. The van der Waals surface area contributed by atoms with Crippen LogP contribution in [0.4, 0.5) is 0 Å². The van der Waals surface area contributed by atoms with E-state index in [4.69, 9.17) is 5.11 Å². The van der Waals surface area contributed by atoms with E-state index < -0.39 is 53.3 Å². The Morgan fingerprint density at radius 3 is 1.41 bits per heavy atom. The van der Waals surface area contributed by atoms with Crippen molar-refractivity contribution in [3.05, 3.63) is 0 Å². The quantitative estimate of drug-likeness (QED) is 0.0775. The van der Waals surface area contributed by atoms with E-state index in [0.29, 0.717) is 6.42 Å². The van der Waals surface area contributed by atoms with Crippen LogP contribution in [0.15, 0.2) is 0 Å². The zero-order valence-electron chi connectivity index (χ0n) is 29.0. The van der Waals surface area contributed by atoms with Gasteiger partial charge < -0.3 is 20.8 Å². The summed E-state index contributed by atoms with van der Waals surface area (Å²) in [5.41, 5.74) is 0. The van der Waals surface area contributed by atoms with Gasteiger partial charge in [-0.3, -0.25) is 33.6 Å². The number of nitrogens with one attached hydrogen (secondary N) is 2. The molecule has 4 N–H and O–H groups in total. The van der Waals surface area contributed by atoms with Gasteiger partial charge in [0.1, 0.15) is 5.78 Å². The fraction of sp³-hybridized carbons (Fsp3) is 0.800. The number of hydrogen-bond acceptors (Lipinski definition) is 7. The highest BCUT2D eigenvalue weighted by molar-refractivity contribution is 5.95. The summed E-state index contributed by atoms with van der Waals surface area (Å²) >= 11 is 0. The molecule has 46 heavy (non-hydrogen) atoms. The summed E-state index contributed by atoms with van der Waals surface area (Å²) in [6.07, 6.45) is 8.97. The molecule has 4 atom stereocenters. The maximum absolute atomic E-state index is 13.4. The number of Topliss-reactive ketones (excluding diaryl/α,β-unsaturated/α-hetero) is 3. The van der Waals surface area contributed by atoms with Gasteiger partial charge in [-0.05, 0) is 38.0 Å². The molecule has 0 rings (SSSR count). The Hall–Kier alpha value is -3.11. The number of carbonyl (C=O) groups is 7. The number of amides is 2. The van der Waals surface area contributed by atoms with Crippen LogP contribution in [-0.4, -0.2) is 63.4 Å². The Kier molecular flexibility index (Phi) is 22.5. The molecule has 0 saturated heterocycles. The molecule has 0 aromatic rings. The fourth-order valence-electron chi connectivity index (χ4n) is 5.46. The predicted molar refractivity (Wildman–Crippen MR) is 176 cm³/mol. The Morgan fingerprint density at radius 2 is 0.978 bits per heavy atom. The average molecular weight is 653 g/mol. The van der Waals surface area contributed by atoms with Crippen LogP contribution in [0, 0.1) is 23.7 Å². The molecule has 0 fully saturated rings. The van der Waals surface area contributed by atoms with Crippen LogP contribution in [0.5, 0.6) is 0 Å². The van der Waals surface area contributed by atoms with Crippen molar-refractivity contribution in [2.45, 2.75) is 156 Å². The minimum absolute atomic E-state index is 0.00760. The van der Waals surface area contributed by atoms with E-state index in [-0.39, 0.29) is 62.1 Å². The van der Waals surface area contributed by atoms with Crippen molar-refractivity contribution in [2.75, 3.05) is 0 Å². The molecule has 0 aliphatic rings. The van der Waals surface area contributed by atoms with Crippen LogP contribution in [0.1, 0.15) is 144 Å². The van der Waals surface area contributed by atoms with E-state index in [1.165, 1.54) is 39.0 Å². The van der Waals surface area contributed by atoms with Gasteiger partial charge in [-0.2, -0.15) is 0 Å². The number of carboxylic acids is 2. The van der Waals surface area contributed by atoms with Gasteiger partial charge in [-0.25, -0.2) is 0 Å². The lowest BCUT2D eigenvalue weighted by molar-refractivity contribution is -0.139. The largest absolute Gasteiger partial charge is 0.481 e. The molecular weight excluding hydrogens is 592 g/mol. The average Bonchev–Trinajstić information content (AvgIpc) is 2.96. The van der Waals surface area contributed by atoms with E-state index in [1.54, 1.807) is 27.7 Å². The Morgan fingerprint density at radius 1 is 0.565 bits per heavy atom. The van der Waals surface area contributed by atoms with E-state index in [9.17, 15) is 38.7 Å². The summed E-state index contributed by atoms with van der Waals surface area (Å²) in [4.78, 5) is 87.1. The Balaban J connectivity index is 5.39. The molecule has 2 amide bonds. The summed E-state index contributed by atoms with van der Waals surface area (Å²) in [5.74, 6) is -6.79. The number of aliphatic carboxylic acids is 2. The highest BCUT2D eigenvalue weighted by Crippen LogP contribution is 2.21. The SMILES string of the molecule is CCCCCCCCCCCC(=O)NC(C(=O)CC(CCC(=O)O)C(=O)NC(C(=O)CC(CCC(=O)O)C(C)=O)C(C)C)C(C)C. The lowest BCUT2D eigenvalue weighted by Gasteiger charge is -2.27. The molecule has 11 nitrogen and oxygen atoms in total. The van der Waals surface area contributed by atoms with Crippen molar-refractivity contribution in [2.24, 2.45) is 23.7 Å². The lowest BCUT2D eigenvalue weighted by Crippen LogP contribution is -2.49. The van der Waals surface area contributed by atoms with Gasteiger partial charge >= 0.3 is 11.9 Å². The van der Waals surface area contributed by atoms with Crippen LogP contribution in [0.3, 0.4) is 0 Å². The maximum atomic E-state index is 13.4. The van der Waals surface area contributed by atoms with E-state index in [2.05, 4.69) is 17.6 Å². The van der Waals surface area contributed by atoms with Crippen molar-refractivity contribution in [3.63, 3.8) is 0 Å².